The maximum Gasteiger partial charge on any atom is 0.189 e. The first kappa shape index (κ1) is 14.2. The van der Waals surface area contributed by atoms with Gasteiger partial charge in [0.05, 0.1) is 6.54 Å². The number of nitrogens with two attached hydrogens (primary N) is 1. The molecule has 0 aromatic carbocycles. The lowest BCUT2D eigenvalue weighted by molar-refractivity contribution is 0.412. The number of nitrogens with zero attached hydrogens (tertiary/aromatic N) is 3. The Balaban J connectivity index is 1.82. The van der Waals surface area contributed by atoms with Crippen molar-refractivity contribution in [2.45, 2.75) is 64.5 Å². The smallest absolute Gasteiger partial charge is 0.189 e. The molecule has 106 valence electrons. The van der Waals surface area contributed by atoms with Gasteiger partial charge in [0.15, 0.2) is 5.96 Å². The summed E-state index contributed by atoms with van der Waals surface area (Å²) in [6, 6.07) is 0.498. The van der Waals surface area contributed by atoms with Crippen LogP contribution in [0.1, 0.15) is 61.9 Å². The maximum absolute atomic E-state index is 5.91. The Morgan fingerprint density at radius 2 is 2.11 bits per heavy atom. The van der Waals surface area contributed by atoms with Crippen molar-refractivity contribution in [1.82, 2.24) is 15.5 Å². The van der Waals surface area contributed by atoms with Crippen LogP contribution in [-0.2, 0) is 6.54 Å². The average Bonchev–Trinajstić information content (AvgIpc) is 2.86. The third kappa shape index (κ3) is 4.45. The molecule has 1 aromatic rings. The van der Waals surface area contributed by atoms with E-state index < -0.39 is 0 Å². The van der Waals surface area contributed by atoms with E-state index >= 15 is 0 Å². The molecule has 3 N–H and O–H groups in total. The number of guanidine groups is 1. The van der Waals surface area contributed by atoms with Crippen LogP contribution in [0.3, 0.4) is 0 Å². The van der Waals surface area contributed by atoms with Gasteiger partial charge < -0.3 is 11.1 Å². The Kier molecular flexibility index (Phi) is 5.13. The lowest BCUT2D eigenvalue weighted by Gasteiger charge is -2.23. The van der Waals surface area contributed by atoms with E-state index in [0.717, 1.165) is 10.0 Å². The maximum atomic E-state index is 5.91. The molecule has 0 unspecified atom stereocenters. The van der Waals surface area contributed by atoms with Gasteiger partial charge in [0.1, 0.15) is 10.0 Å². The topological polar surface area (TPSA) is 76.2 Å². The highest BCUT2D eigenvalue weighted by atomic mass is 32.1. The number of nitrogens with one attached hydrogen (secondary N) is 1. The Bertz CT molecular complexity index is 420. The van der Waals surface area contributed by atoms with Gasteiger partial charge in [-0.2, -0.15) is 0 Å². The fourth-order valence-corrected chi connectivity index (χ4v) is 2.99. The Labute approximate surface area is 118 Å². The van der Waals surface area contributed by atoms with Crippen molar-refractivity contribution in [1.29, 1.82) is 0 Å². The zero-order chi connectivity index (χ0) is 13.7. The zero-order valence-corrected chi connectivity index (χ0v) is 12.5. The number of aromatic nitrogens is 2. The van der Waals surface area contributed by atoms with Gasteiger partial charge in [0, 0.05) is 12.0 Å². The van der Waals surface area contributed by atoms with Crippen molar-refractivity contribution in [3.05, 3.63) is 10.0 Å². The monoisotopic (exact) mass is 281 g/mol. The van der Waals surface area contributed by atoms with Crippen LogP contribution >= 0.6 is 11.3 Å². The van der Waals surface area contributed by atoms with Crippen LogP contribution in [0.15, 0.2) is 4.99 Å². The Morgan fingerprint density at radius 3 is 2.74 bits per heavy atom. The molecule has 1 fully saturated rings. The molecule has 0 aliphatic heterocycles. The summed E-state index contributed by atoms with van der Waals surface area (Å²) in [5.41, 5.74) is 5.91. The van der Waals surface area contributed by atoms with Crippen LogP contribution < -0.4 is 11.1 Å². The largest absolute Gasteiger partial charge is 0.370 e. The molecule has 19 heavy (non-hydrogen) atoms. The summed E-state index contributed by atoms with van der Waals surface area (Å²) >= 11 is 1.62. The summed E-state index contributed by atoms with van der Waals surface area (Å²) in [4.78, 5) is 4.35. The van der Waals surface area contributed by atoms with Gasteiger partial charge in [0.25, 0.3) is 0 Å². The first-order chi connectivity index (χ1) is 9.15. The van der Waals surface area contributed by atoms with E-state index in [1.165, 1.54) is 32.1 Å². The summed E-state index contributed by atoms with van der Waals surface area (Å²) in [6.45, 7) is 4.76. The molecular formula is C13H23N5S. The fourth-order valence-electron chi connectivity index (χ4n) is 2.22. The molecule has 2 rings (SSSR count). The Hall–Kier alpha value is -1.17. The zero-order valence-electron chi connectivity index (χ0n) is 11.7. The van der Waals surface area contributed by atoms with Crippen molar-refractivity contribution >= 4 is 17.3 Å². The molecule has 0 atom stereocenters. The molecule has 0 bridgehead atoms. The average molecular weight is 281 g/mol. The third-order valence-corrected chi connectivity index (χ3v) is 4.53. The van der Waals surface area contributed by atoms with E-state index in [0.29, 0.717) is 24.5 Å². The quantitative estimate of drug-likeness (QED) is 0.656. The van der Waals surface area contributed by atoms with Crippen molar-refractivity contribution in [2.75, 3.05) is 0 Å². The van der Waals surface area contributed by atoms with Crippen molar-refractivity contribution in [3.8, 4) is 0 Å². The first-order valence-electron chi connectivity index (χ1n) is 7.04. The SMILES string of the molecule is CC(C)c1nnc(CN=C(N)NC2CCCCC2)s1. The van der Waals surface area contributed by atoms with Gasteiger partial charge in [-0.3, -0.25) is 0 Å². The van der Waals surface area contributed by atoms with Crippen LogP contribution in [0, 0.1) is 0 Å². The van der Waals surface area contributed by atoms with Gasteiger partial charge in [-0.05, 0) is 12.8 Å². The van der Waals surface area contributed by atoms with Crippen molar-refractivity contribution in [2.24, 2.45) is 10.7 Å². The molecule has 6 heteroatoms. The number of aliphatic imine (C=N–C) groups is 1. The molecule has 0 radical (unpaired) electrons. The van der Waals surface area contributed by atoms with E-state index in [4.69, 9.17) is 5.73 Å². The van der Waals surface area contributed by atoms with E-state index in [-0.39, 0.29) is 0 Å². The van der Waals surface area contributed by atoms with Crippen LogP contribution in [0.4, 0.5) is 0 Å². The standard InChI is InChI=1S/C13H23N5S/c1-9(2)12-18-17-11(19-12)8-15-13(14)16-10-6-4-3-5-7-10/h9-10H,3-8H2,1-2H3,(H3,14,15,16). The van der Waals surface area contributed by atoms with Crippen LogP contribution in [0.2, 0.25) is 0 Å². The van der Waals surface area contributed by atoms with Gasteiger partial charge >= 0.3 is 0 Å². The summed E-state index contributed by atoms with van der Waals surface area (Å²) in [5.74, 6) is 0.959. The summed E-state index contributed by atoms with van der Waals surface area (Å²) in [5, 5.41) is 13.6. The molecule has 1 aliphatic carbocycles. The molecule has 5 nitrogen and oxygen atoms in total. The minimum Gasteiger partial charge on any atom is -0.370 e. The molecule has 0 spiro atoms. The van der Waals surface area contributed by atoms with Gasteiger partial charge in [-0.15, -0.1) is 10.2 Å². The third-order valence-electron chi connectivity index (χ3n) is 3.32. The molecule has 0 amide bonds. The number of rotatable bonds is 4. The van der Waals surface area contributed by atoms with Crippen LogP contribution in [0.5, 0.6) is 0 Å². The van der Waals surface area contributed by atoms with Crippen molar-refractivity contribution in [3.63, 3.8) is 0 Å². The molecular weight excluding hydrogens is 258 g/mol. The highest BCUT2D eigenvalue weighted by Gasteiger charge is 2.13. The number of hydrogen-bond donors (Lipinski definition) is 2. The predicted molar refractivity (Wildman–Crippen MR) is 79.3 cm³/mol. The van der Waals surface area contributed by atoms with E-state index in [1.807, 2.05) is 0 Å². The van der Waals surface area contributed by atoms with E-state index in [9.17, 15) is 0 Å². The molecule has 1 saturated carbocycles. The van der Waals surface area contributed by atoms with E-state index in [1.54, 1.807) is 11.3 Å². The molecule has 0 saturated heterocycles. The summed E-state index contributed by atoms with van der Waals surface area (Å²) in [6.07, 6.45) is 6.33. The highest BCUT2D eigenvalue weighted by molar-refractivity contribution is 7.11. The lowest BCUT2D eigenvalue weighted by Crippen LogP contribution is -2.41. The highest BCUT2D eigenvalue weighted by Crippen LogP contribution is 2.19. The van der Waals surface area contributed by atoms with Gasteiger partial charge in [-0.1, -0.05) is 44.4 Å². The van der Waals surface area contributed by atoms with Crippen molar-refractivity contribution < 1.29 is 0 Å². The summed E-state index contributed by atoms with van der Waals surface area (Å²) < 4.78 is 0. The van der Waals surface area contributed by atoms with E-state index in [2.05, 4.69) is 34.4 Å². The molecule has 1 aromatic heterocycles. The minimum absolute atomic E-state index is 0.424. The summed E-state index contributed by atoms with van der Waals surface area (Å²) in [7, 11) is 0. The second kappa shape index (κ2) is 6.84. The first-order valence-corrected chi connectivity index (χ1v) is 7.85. The fraction of sp³-hybridized carbons (Fsp3) is 0.769. The van der Waals surface area contributed by atoms with Crippen LogP contribution in [-0.4, -0.2) is 22.2 Å². The molecule has 1 aliphatic rings. The van der Waals surface area contributed by atoms with Gasteiger partial charge in [-0.25, -0.2) is 4.99 Å². The molecule has 1 heterocycles. The second-order valence-electron chi connectivity index (χ2n) is 5.37. The number of hydrogen-bond acceptors (Lipinski definition) is 4. The second-order valence-corrected chi connectivity index (χ2v) is 6.46. The Morgan fingerprint density at radius 1 is 1.37 bits per heavy atom. The minimum atomic E-state index is 0.424. The normalized spacial score (nSPS) is 17.9. The van der Waals surface area contributed by atoms with Gasteiger partial charge in [0.2, 0.25) is 0 Å². The predicted octanol–water partition coefficient (Wildman–Crippen LogP) is 2.40. The lowest BCUT2D eigenvalue weighted by atomic mass is 9.96. The van der Waals surface area contributed by atoms with Crippen LogP contribution in [0.25, 0.3) is 0 Å².